The van der Waals surface area contributed by atoms with Crippen molar-refractivity contribution in [2.24, 2.45) is 23.3 Å². The number of nitrogens with one attached hydrogen (secondary N) is 4. The average Bonchev–Trinajstić information content (AvgIpc) is 3.21. The Balaban J connectivity index is 1.58. The molecule has 6 amide bonds. The normalized spacial score (nSPS) is 21.1. The third-order valence-corrected chi connectivity index (χ3v) is 6.89. The van der Waals surface area contributed by atoms with Gasteiger partial charge in [0, 0.05) is 31.8 Å². The Bertz CT molecular complexity index is 845. The molecule has 0 radical (unpaired) electrons. The Labute approximate surface area is 222 Å². The lowest BCUT2D eigenvalue weighted by atomic mass is 9.81. The number of rotatable bonds is 16. The van der Waals surface area contributed by atoms with Crippen LogP contribution in [-0.4, -0.2) is 90.4 Å². The van der Waals surface area contributed by atoms with E-state index in [-0.39, 0.29) is 49.2 Å². The van der Waals surface area contributed by atoms with Crippen LogP contribution in [0.25, 0.3) is 0 Å². The number of hydrogen-bond donors (Lipinski definition) is 7. The molecule has 14 heteroatoms. The van der Waals surface area contributed by atoms with Gasteiger partial charge in [-0.05, 0) is 50.9 Å². The van der Waals surface area contributed by atoms with Crippen LogP contribution in [0.2, 0.25) is 0 Å². The van der Waals surface area contributed by atoms with Gasteiger partial charge in [0.1, 0.15) is 12.3 Å². The average molecular weight is 540 g/mol. The molecule has 0 aromatic rings. The molecule has 0 aromatic carbocycles. The summed E-state index contributed by atoms with van der Waals surface area (Å²) in [7, 11) is 0. The third kappa shape index (κ3) is 10.7. The van der Waals surface area contributed by atoms with Gasteiger partial charge in [0.2, 0.25) is 35.4 Å². The number of carbonyl (C=O) groups excluding carboxylic acids is 6. The van der Waals surface area contributed by atoms with E-state index in [1.165, 1.54) is 4.90 Å². The second-order valence-corrected chi connectivity index (χ2v) is 9.83. The van der Waals surface area contributed by atoms with Gasteiger partial charge in [-0.3, -0.25) is 39.0 Å². The van der Waals surface area contributed by atoms with Gasteiger partial charge in [-0.25, -0.2) is 0 Å². The molecule has 1 saturated carbocycles. The minimum absolute atomic E-state index is 0.0242. The molecule has 0 spiro atoms. The van der Waals surface area contributed by atoms with Crippen LogP contribution in [-0.2, 0) is 28.8 Å². The Hall–Kier alpha value is -3.10. The summed E-state index contributed by atoms with van der Waals surface area (Å²) >= 11 is 0. The van der Waals surface area contributed by atoms with Crippen molar-refractivity contribution in [1.29, 1.82) is 0 Å². The Kier molecular flexibility index (Phi) is 13.1. The highest BCUT2D eigenvalue weighted by molar-refractivity contribution is 6.01. The zero-order chi connectivity index (χ0) is 28.1. The van der Waals surface area contributed by atoms with E-state index in [1.807, 2.05) is 0 Å². The summed E-state index contributed by atoms with van der Waals surface area (Å²) in [6.07, 6.45) is 3.87. The zero-order valence-electron chi connectivity index (χ0n) is 21.7. The number of amides is 6. The maximum Gasteiger partial charge on any atom is 0.240 e. The molecule has 14 nitrogen and oxygen atoms in total. The second kappa shape index (κ2) is 16.0. The van der Waals surface area contributed by atoms with Gasteiger partial charge in [0.05, 0.1) is 19.6 Å². The van der Waals surface area contributed by atoms with E-state index in [0.717, 1.165) is 12.8 Å². The van der Waals surface area contributed by atoms with Crippen LogP contribution in [0.1, 0.15) is 57.8 Å². The summed E-state index contributed by atoms with van der Waals surface area (Å²) in [5, 5.41) is 20.0. The van der Waals surface area contributed by atoms with Crippen molar-refractivity contribution in [1.82, 2.24) is 26.2 Å². The molecule has 1 aliphatic heterocycles. The molecule has 2 rings (SSSR count). The van der Waals surface area contributed by atoms with Crippen molar-refractivity contribution in [2.75, 3.05) is 32.7 Å². The predicted molar refractivity (Wildman–Crippen MR) is 135 cm³/mol. The van der Waals surface area contributed by atoms with Gasteiger partial charge in [-0.1, -0.05) is 0 Å². The molecule has 2 aliphatic rings. The minimum atomic E-state index is -1.17. The lowest BCUT2D eigenvalue weighted by Gasteiger charge is -2.30. The van der Waals surface area contributed by atoms with E-state index >= 15 is 0 Å². The molecular formula is C24H41N7O7. The van der Waals surface area contributed by atoms with Crippen LogP contribution in [0.4, 0.5) is 0 Å². The fourth-order valence-corrected chi connectivity index (χ4v) is 4.62. The van der Waals surface area contributed by atoms with Crippen LogP contribution in [0.15, 0.2) is 0 Å². The van der Waals surface area contributed by atoms with Crippen LogP contribution in [0.5, 0.6) is 0 Å². The number of aliphatic hydroxyl groups is 1. The van der Waals surface area contributed by atoms with Crippen LogP contribution >= 0.6 is 0 Å². The standard InChI is InChI=1S/C24H41N7O7/c25-11-18(32)28-12-19(33)29-13-20(34)30-17(23(26)37)3-1-2-10-27-24(38)16-6-4-15(5-7-16)14-31-21(35)8-9-22(31)36/h15-17,19,29,33H,1-14,25H2,(H2,26,37)(H,27,38)(H,28,32)(H,30,34). The van der Waals surface area contributed by atoms with E-state index in [4.69, 9.17) is 11.5 Å². The van der Waals surface area contributed by atoms with Crippen LogP contribution < -0.4 is 32.7 Å². The summed E-state index contributed by atoms with van der Waals surface area (Å²) in [6, 6.07) is -0.890. The van der Waals surface area contributed by atoms with Crippen molar-refractivity contribution in [3.05, 3.63) is 0 Å². The highest BCUT2D eigenvalue weighted by atomic mass is 16.3. The number of aliphatic hydroxyl groups excluding tert-OH is 1. The van der Waals surface area contributed by atoms with Gasteiger partial charge in [-0.2, -0.15) is 0 Å². The smallest absolute Gasteiger partial charge is 0.240 e. The van der Waals surface area contributed by atoms with E-state index in [2.05, 4.69) is 21.3 Å². The fraction of sp³-hybridized carbons (Fsp3) is 0.750. The van der Waals surface area contributed by atoms with Crippen LogP contribution in [0.3, 0.4) is 0 Å². The lowest BCUT2D eigenvalue weighted by molar-refractivity contribution is -0.139. The van der Waals surface area contributed by atoms with E-state index < -0.39 is 30.0 Å². The van der Waals surface area contributed by atoms with Crippen molar-refractivity contribution >= 4 is 35.4 Å². The Morgan fingerprint density at radius 1 is 0.974 bits per heavy atom. The lowest BCUT2D eigenvalue weighted by Crippen LogP contribution is -2.50. The van der Waals surface area contributed by atoms with Crippen LogP contribution in [0, 0.1) is 11.8 Å². The molecule has 214 valence electrons. The first-order valence-electron chi connectivity index (χ1n) is 13.2. The summed E-state index contributed by atoms with van der Waals surface area (Å²) in [6.45, 7) is 0.248. The topological polar surface area (TPSA) is 226 Å². The summed E-state index contributed by atoms with van der Waals surface area (Å²) in [5.41, 5.74) is 10.5. The number of primary amides is 1. The maximum atomic E-state index is 12.5. The van der Waals surface area contributed by atoms with Crippen molar-refractivity contribution in [3.63, 3.8) is 0 Å². The van der Waals surface area contributed by atoms with Gasteiger partial charge >= 0.3 is 0 Å². The molecule has 1 aliphatic carbocycles. The summed E-state index contributed by atoms with van der Waals surface area (Å²) in [5.74, 6) is -1.76. The first-order valence-corrected chi connectivity index (χ1v) is 13.2. The Morgan fingerprint density at radius 3 is 2.24 bits per heavy atom. The number of nitrogens with two attached hydrogens (primary N) is 2. The molecule has 0 bridgehead atoms. The first kappa shape index (κ1) is 31.1. The zero-order valence-corrected chi connectivity index (χ0v) is 21.7. The summed E-state index contributed by atoms with van der Waals surface area (Å²) < 4.78 is 0. The van der Waals surface area contributed by atoms with Gasteiger partial charge < -0.3 is 32.5 Å². The number of likely N-dealkylation sites (tertiary alicyclic amines) is 1. The Morgan fingerprint density at radius 2 is 1.63 bits per heavy atom. The molecule has 1 heterocycles. The van der Waals surface area contributed by atoms with E-state index in [1.54, 1.807) is 0 Å². The quantitative estimate of drug-likeness (QED) is 0.0609. The molecule has 0 aromatic heterocycles. The highest BCUT2D eigenvalue weighted by Crippen LogP contribution is 2.30. The first-order chi connectivity index (χ1) is 18.1. The SMILES string of the molecule is NCC(=O)NCC(O)NCC(=O)NC(CCCCNC(=O)C1CCC(CN2C(=O)CCC2=O)CC1)C(N)=O. The second-order valence-electron chi connectivity index (χ2n) is 9.83. The van der Waals surface area contributed by atoms with E-state index in [9.17, 15) is 33.9 Å². The number of imide groups is 1. The molecular weight excluding hydrogens is 498 g/mol. The third-order valence-electron chi connectivity index (χ3n) is 6.89. The summed E-state index contributed by atoms with van der Waals surface area (Å²) in [4.78, 5) is 72.3. The predicted octanol–water partition coefficient (Wildman–Crippen LogP) is -2.82. The molecule has 2 atom stereocenters. The van der Waals surface area contributed by atoms with Crippen molar-refractivity contribution in [3.8, 4) is 0 Å². The molecule has 1 saturated heterocycles. The van der Waals surface area contributed by atoms with Crippen molar-refractivity contribution in [2.45, 2.75) is 70.1 Å². The molecule has 2 unspecified atom stereocenters. The molecule has 9 N–H and O–H groups in total. The van der Waals surface area contributed by atoms with Crippen molar-refractivity contribution < 1.29 is 33.9 Å². The maximum absolute atomic E-state index is 12.5. The molecule has 2 fully saturated rings. The van der Waals surface area contributed by atoms with Gasteiger partial charge in [0.25, 0.3) is 0 Å². The highest BCUT2D eigenvalue weighted by Gasteiger charge is 2.33. The number of unbranched alkanes of at least 4 members (excludes halogenated alkanes) is 1. The largest absolute Gasteiger partial charge is 0.377 e. The number of hydrogen-bond acceptors (Lipinski definition) is 9. The van der Waals surface area contributed by atoms with Gasteiger partial charge in [-0.15, -0.1) is 0 Å². The minimum Gasteiger partial charge on any atom is -0.377 e. The number of carbonyl (C=O) groups is 6. The number of nitrogens with zero attached hydrogens (tertiary/aromatic N) is 1. The molecule has 38 heavy (non-hydrogen) atoms. The van der Waals surface area contributed by atoms with E-state index in [0.29, 0.717) is 58.0 Å². The van der Waals surface area contributed by atoms with Gasteiger partial charge in [0.15, 0.2) is 0 Å². The monoisotopic (exact) mass is 539 g/mol. The fourth-order valence-electron chi connectivity index (χ4n) is 4.62.